The number of amides is 6. The van der Waals surface area contributed by atoms with Gasteiger partial charge in [-0.3, -0.25) is 38.5 Å². The molecule has 3 aliphatic heterocycles. The number of rotatable bonds is 10. The van der Waals surface area contributed by atoms with Gasteiger partial charge in [0.1, 0.15) is 24.2 Å². The zero-order valence-corrected chi connectivity index (χ0v) is 29.8. The summed E-state index contributed by atoms with van der Waals surface area (Å²) in [5.74, 6) is -1.74. The van der Waals surface area contributed by atoms with Crippen LogP contribution in [0, 0.1) is 0 Å². The van der Waals surface area contributed by atoms with Crippen molar-refractivity contribution >= 4 is 64.1 Å². The molecule has 3 saturated heterocycles. The molecule has 3 aliphatic rings. The van der Waals surface area contributed by atoms with Gasteiger partial charge in [-0.05, 0) is 56.1 Å². The lowest BCUT2D eigenvalue weighted by Gasteiger charge is -2.32. The number of benzene rings is 1. The lowest BCUT2D eigenvalue weighted by Crippen LogP contribution is -2.59. The first-order chi connectivity index (χ1) is 23.5. The largest absolute Gasteiger partial charge is 0.354 e. The van der Waals surface area contributed by atoms with Crippen LogP contribution in [0.1, 0.15) is 45.1 Å². The average molecular weight is 718 g/mol. The van der Waals surface area contributed by atoms with Gasteiger partial charge in [0.2, 0.25) is 35.4 Å². The van der Waals surface area contributed by atoms with E-state index in [4.69, 9.17) is 0 Å². The van der Waals surface area contributed by atoms with E-state index in [-0.39, 0.29) is 31.0 Å². The molecular formula is C33H47N7O7S2. The normalized spacial score (nSPS) is 27.0. The van der Waals surface area contributed by atoms with Crippen LogP contribution in [0.15, 0.2) is 30.3 Å². The van der Waals surface area contributed by atoms with Gasteiger partial charge in [-0.25, -0.2) is 0 Å². The minimum Gasteiger partial charge on any atom is -0.354 e. The monoisotopic (exact) mass is 717 g/mol. The highest BCUT2D eigenvalue weighted by Gasteiger charge is 2.53. The Bertz CT molecular complexity index is 1380. The Kier molecular flexibility index (Phi) is 14.3. The number of fused-ring (bicyclic) bond motifs is 2. The summed E-state index contributed by atoms with van der Waals surface area (Å²) in [5.41, 5.74) is 0.793. The van der Waals surface area contributed by atoms with Crippen LogP contribution >= 0.6 is 23.5 Å². The summed E-state index contributed by atoms with van der Waals surface area (Å²) in [6.45, 7) is 3.74. The van der Waals surface area contributed by atoms with Crippen molar-refractivity contribution in [2.24, 2.45) is 0 Å². The minimum absolute atomic E-state index is 0.0477. The van der Waals surface area contributed by atoms with E-state index < -0.39 is 78.2 Å². The standard InChI is InChI=1S/C33H47N7O7S2/c1-4-49-27(42)12-14-34-32(46)28-25-19-40(25)33(47)20(2)36-30(44)22(13-16-48-3)37-26(41)18-35-29(43)23(17-21-9-6-5-7-10-21)38-31(45)24-11-8-15-39(24)28/h5-7,9-10,20,22-25,28H,4,8,11-19H2,1-3H3,(H,34,46)(H,35,43)(H,36,44)(H,37,41)(H,38,45)/t20-,22-,23?,24-,25-,28+,40?/m0/s1. The van der Waals surface area contributed by atoms with Gasteiger partial charge in [-0.15, -0.1) is 0 Å². The number of hydrogen-bond acceptors (Lipinski definition) is 10. The van der Waals surface area contributed by atoms with Crippen molar-refractivity contribution in [1.82, 2.24) is 36.4 Å². The van der Waals surface area contributed by atoms with Gasteiger partial charge in [0.15, 0.2) is 5.12 Å². The summed E-state index contributed by atoms with van der Waals surface area (Å²) < 4.78 is 0. The molecule has 3 fully saturated rings. The van der Waals surface area contributed by atoms with E-state index in [2.05, 4.69) is 26.6 Å². The molecule has 4 rings (SSSR count). The number of nitrogens with one attached hydrogen (secondary N) is 5. The maximum Gasteiger partial charge on any atom is 0.245 e. The highest BCUT2D eigenvalue weighted by molar-refractivity contribution is 8.13. The Hall–Kier alpha value is -3.63. The molecule has 6 amide bonds. The molecule has 5 N–H and O–H groups in total. The van der Waals surface area contributed by atoms with Crippen LogP contribution in [0.2, 0.25) is 0 Å². The van der Waals surface area contributed by atoms with Gasteiger partial charge < -0.3 is 31.5 Å². The van der Waals surface area contributed by atoms with Gasteiger partial charge in [0.25, 0.3) is 0 Å². The van der Waals surface area contributed by atoms with Crippen LogP contribution < -0.4 is 26.6 Å². The molecule has 14 nitrogen and oxygen atoms in total. The topological polar surface area (TPSA) is 186 Å². The third kappa shape index (κ3) is 10.7. The minimum atomic E-state index is -1.03. The molecule has 16 heteroatoms. The van der Waals surface area contributed by atoms with E-state index >= 15 is 0 Å². The summed E-state index contributed by atoms with van der Waals surface area (Å²) >= 11 is 2.67. The van der Waals surface area contributed by atoms with Gasteiger partial charge in [0.05, 0.1) is 18.6 Å². The SMILES string of the molecule is CCSC(=O)CCNC(=O)[C@H]1[C@@H]2CN2C(=O)[C@H](C)NC(=O)[C@H](CCSC)NC(=O)CNC(=O)C(Cc2ccccc2)NC(=O)[C@@H]2CCCN21. The molecule has 0 spiro atoms. The van der Waals surface area contributed by atoms with E-state index in [1.165, 1.54) is 28.4 Å². The second kappa shape index (κ2) is 18.4. The number of hydrogen-bond donors (Lipinski definition) is 5. The second-order valence-corrected chi connectivity index (χ2v) is 14.7. The molecule has 0 aromatic heterocycles. The van der Waals surface area contributed by atoms with E-state index in [1.807, 2.05) is 43.5 Å². The number of carbonyl (C=O) groups excluding carboxylic acids is 7. The molecule has 0 bridgehead atoms. The quantitative estimate of drug-likeness (QED) is 0.196. The van der Waals surface area contributed by atoms with Gasteiger partial charge in [-0.1, -0.05) is 49.0 Å². The van der Waals surface area contributed by atoms with Crippen LogP contribution in [-0.2, 0) is 40.0 Å². The van der Waals surface area contributed by atoms with Crippen molar-refractivity contribution in [1.29, 1.82) is 0 Å². The van der Waals surface area contributed by atoms with Crippen LogP contribution in [-0.4, -0.2) is 131 Å². The summed E-state index contributed by atoms with van der Waals surface area (Å²) in [7, 11) is 0. The Labute approximate surface area is 295 Å². The van der Waals surface area contributed by atoms with Crippen molar-refractivity contribution in [3.05, 3.63) is 35.9 Å². The molecular weight excluding hydrogens is 671 g/mol. The van der Waals surface area contributed by atoms with E-state index in [1.54, 1.807) is 11.8 Å². The van der Waals surface area contributed by atoms with Gasteiger partial charge in [0, 0.05) is 25.9 Å². The molecule has 6 atom stereocenters. The Balaban J connectivity index is 1.63. The molecule has 3 heterocycles. The average Bonchev–Trinajstić information content (AvgIpc) is 3.70. The molecule has 49 heavy (non-hydrogen) atoms. The summed E-state index contributed by atoms with van der Waals surface area (Å²) in [6, 6.07) is 3.97. The van der Waals surface area contributed by atoms with E-state index in [0.717, 1.165) is 5.56 Å². The first kappa shape index (κ1) is 38.2. The van der Waals surface area contributed by atoms with Gasteiger partial charge in [-0.2, -0.15) is 11.8 Å². The maximum absolute atomic E-state index is 13.9. The predicted molar refractivity (Wildman–Crippen MR) is 187 cm³/mol. The molecule has 1 aromatic rings. The fourth-order valence-corrected chi connectivity index (χ4v) is 7.29. The third-order valence-corrected chi connectivity index (χ3v) is 10.2. The first-order valence-electron chi connectivity index (χ1n) is 16.7. The van der Waals surface area contributed by atoms with Crippen molar-refractivity contribution in [2.75, 3.05) is 43.9 Å². The van der Waals surface area contributed by atoms with Crippen molar-refractivity contribution < 1.29 is 33.6 Å². The van der Waals surface area contributed by atoms with E-state index in [0.29, 0.717) is 37.3 Å². The Morgan fingerprint density at radius 1 is 0.980 bits per heavy atom. The zero-order chi connectivity index (χ0) is 35.5. The second-order valence-electron chi connectivity index (χ2n) is 12.3. The molecule has 268 valence electrons. The zero-order valence-electron chi connectivity index (χ0n) is 28.2. The van der Waals surface area contributed by atoms with Crippen molar-refractivity contribution in [2.45, 2.75) is 82.2 Å². The fraction of sp³-hybridized carbons (Fsp3) is 0.606. The molecule has 1 unspecified atom stereocenters. The summed E-state index contributed by atoms with van der Waals surface area (Å²) in [4.78, 5) is 96.4. The predicted octanol–water partition coefficient (Wildman–Crippen LogP) is -0.584. The fourth-order valence-electron chi connectivity index (χ4n) is 6.25. The first-order valence-corrected chi connectivity index (χ1v) is 19.1. The van der Waals surface area contributed by atoms with Crippen LogP contribution in [0.25, 0.3) is 0 Å². The third-order valence-electron chi connectivity index (χ3n) is 8.78. The highest BCUT2D eigenvalue weighted by atomic mass is 32.2. The highest BCUT2D eigenvalue weighted by Crippen LogP contribution is 2.31. The van der Waals surface area contributed by atoms with Crippen molar-refractivity contribution in [3.8, 4) is 0 Å². The number of nitrogens with zero attached hydrogens (tertiary/aromatic N) is 2. The smallest absolute Gasteiger partial charge is 0.245 e. The number of carbonyl (C=O) groups is 7. The lowest BCUT2D eigenvalue weighted by molar-refractivity contribution is -0.136. The van der Waals surface area contributed by atoms with Crippen LogP contribution in [0.3, 0.4) is 0 Å². The maximum atomic E-state index is 13.9. The number of thioether (sulfide) groups is 2. The molecule has 0 aliphatic carbocycles. The van der Waals surface area contributed by atoms with Crippen molar-refractivity contribution in [3.63, 3.8) is 0 Å². The lowest BCUT2D eigenvalue weighted by atomic mass is 10.0. The summed E-state index contributed by atoms with van der Waals surface area (Å²) in [5, 5.41) is 13.7. The van der Waals surface area contributed by atoms with Crippen LogP contribution in [0.5, 0.6) is 0 Å². The molecule has 0 radical (unpaired) electrons. The Morgan fingerprint density at radius 3 is 2.45 bits per heavy atom. The van der Waals surface area contributed by atoms with E-state index in [9.17, 15) is 33.6 Å². The summed E-state index contributed by atoms with van der Waals surface area (Å²) in [6.07, 6.45) is 3.49. The van der Waals surface area contributed by atoms with Crippen LogP contribution in [0.4, 0.5) is 0 Å². The van der Waals surface area contributed by atoms with Gasteiger partial charge >= 0.3 is 0 Å². The molecule has 0 saturated carbocycles. The Morgan fingerprint density at radius 2 is 1.73 bits per heavy atom. The molecule has 1 aromatic carbocycles.